The molecule has 43 heavy (non-hydrogen) atoms. The molecule has 0 aliphatic heterocycles. The van der Waals surface area contributed by atoms with Crippen LogP contribution in [-0.4, -0.2) is 10.7 Å². The van der Waals surface area contributed by atoms with Crippen LogP contribution in [0.4, 0.5) is 0 Å². The van der Waals surface area contributed by atoms with Gasteiger partial charge in [-0.3, -0.25) is 9.98 Å². The Morgan fingerprint density at radius 1 is 0.581 bits per heavy atom. The summed E-state index contributed by atoms with van der Waals surface area (Å²) in [5.74, 6) is 0. The van der Waals surface area contributed by atoms with Crippen molar-refractivity contribution in [2.24, 2.45) is 4.99 Å². The van der Waals surface area contributed by atoms with E-state index >= 15 is 0 Å². The quantitative estimate of drug-likeness (QED) is 0.149. The maximum absolute atomic E-state index is 5.21. The van der Waals surface area contributed by atoms with Gasteiger partial charge in [0, 0.05) is 28.4 Å². The first-order valence-corrected chi connectivity index (χ1v) is 14.5. The molecule has 0 aliphatic carbocycles. The molecule has 0 unspecified atom stereocenters. The van der Waals surface area contributed by atoms with Crippen molar-refractivity contribution >= 4 is 49.3 Å². The van der Waals surface area contributed by atoms with Gasteiger partial charge in [-0.1, -0.05) is 128 Å². The zero-order valence-corrected chi connectivity index (χ0v) is 24.0. The average molecular weight is 551 g/mol. The number of benzene rings is 6. The first kappa shape index (κ1) is 26.3. The molecule has 0 N–H and O–H groups in total. The van der Waals surface area contributed by atoms with Gasteiger partial charge in [0.1, 0.15) is 0 Å². The lowest BCUT2D eigenvalue weighted by atomic mass is 9.99. The number of rotatable bonds is 6. The Balaban J connectivity index is 1.28. The zero-order valence-electron chi connectivity index (χ0n) is 24.0. The topological polar surface area (TPSA) is 25.2 Å². The lowest BCUT2D eigenvalue weighted by molar-refractivity contribution is 1.35. The molecule has 7 aromatic rings. The van der Waals surface area contributed by atoms with E-state index in [4.69, 9.17) is 9.98 Å². The van der Waals surface area contributed by atoms with E-state index < -0.39 is 0 Å². The highest BCUT2D eigenvalue weighted by molar-refractivity contribution is 6.04. The van der Waals surface area contributed by atoms with E-state index in [-0.39, 0.29) is 0 Å². The maximum atomic E-state index is 5.21. The largest absolute Gasteiger partial charge is 0.256 e. The molecule has 0 fully saturated rings. The van der Waals surface area contributed by atoms with E-state index in [0.29, 0.717) is 0 Å². The Kier molecular flexibility index (Phi) is 6.94. The van der Waals surface area contributed by atoms with Gasteiger partial charge in [0.25, 0.3) is 0 Å². The molecule has 0 aliphatic rings. The summed E-state index contributed by atoms with van der Waals surface area (Å²) in [6.07, 6.45) is 3.98. The number of fused-ring (bicyclic) bond motifs is 3. The fourth-order valence-electron chi connectivity index (χ4n) is 5.63. The van der Waals surface area contributed by atoms with E-state index in [9.17, 15) is 0 Å². The molecule has 0 radical (unpaired) electrons. The summed E-state index contributed by atoms with van der Waals surface area (Å²) < 4.78 is 0. The Bertz CT molecular complexity index is 2200. The molecule has 7 rings (SSSR count). The molecular weight excluding hydrogens is 520 g/mol. The van der Waals surface area contributed by atoms with Crippen LogP contribution in [0.2, 0.25) is 0 Å². The summed E-state index contributed by atoms with van der Waals surface area (Å²) in [5, 5.41) is 7.14. The van der Waals surface area contributed by atoms with Crippen LogP contribution in [0.25, 0.3) is 54.8 Å². The lowest BCUT2D eigenvalue weighted by Crippen LogP contribution is -1.97. The van der Waals surface area contributed by atoms with E-state index in [2.05, 4.69) is 159 Å². The van der Waals surface area contributed by atoms with Gasteiger partial charge >= 0.3 is 0 Å². The molecule has 0 atom stereocenters. The fourth-order valence-corrected chi connectivity index (χ4v) is 5.63. The van der Waals surface area contributed by atoms with Gasteiger partial charge in [-0.25, -0.2) is 0 Å². The van der Waals surface area contributed by atoms with Gasteiger partial charge in [-0.2, -0.15) is 0 Å². The minimum atomic E-state index is 0.876. The first-order valence-electron chi connectivity index (χ1n) is 14.5. The van der Waals surface area contributed by atoms with Crippen LogP contribution in [0.1, 0.15) is 23.6 Å². The molecular formula is C41H30N2. The number of aromatic nitrogens is 1. The van der Waals surface area contributed by atoms with E-state index in [0.717, 1.165) is 50.3 Å². The Morgan fingerprint density at radius 3 is 1.84 bits per heavy atom. The third-order valence-electron chi connectivity index (χ3n) is 8.01. The molecule has 2 heteroatoms. The van der Waals surface area contributed by atoms with Gasteiger partial charge in [0.15, 0.2) is 0 Å². The molecule has 1 heterocycles. The van der Waals surface area contributed by atoms with Crippen molar-refractivity contribution in [2.45, 2.75) is 6.92 Å². The number of allylic oxidation sites excluding steroid dienone is 2. The van der Waals surface area contributed by atoms with Crippen LogP contribution in [-0.2, 0) is 0 Å². The highest BCUT2D eigenvalue weighted by atomic mass is 14.8. The van der Waals surface area contributed by atoms with E-state index in [1.165, 1.54) is 26.9 Å². The van der Waals surface area contributed by atoms with E-state index in [1.807, 2.05) is 6.20 Å². The van der Waals surface area contributed by atoms with Gasteiger partial charge in [0.05, 0.1) is 11.4 Å². The average Bonchev–Trinajstić information content (AvgIpc) is 3.07. The van der Waals surface area contributed by atoms with Gasteiger partial charge in [-0.15, -0.1) is 0 Å². The van der Waals surface area contributed by atoms with Crippen LogP contribution in [0.5, 0.6) is 0 Å². The minimum Gasteiger partial charge on any atom is -0.256 e. The van der Waals surface area contributed by atoms with Gasteiger partial charge in [-0.05, 0) is 74.8 Å². The summed E-state index contributed by atoms with van der Waals surface area (Å²) in [5.41, 5.74) is 8.00. The minimum absolute atomic E-state index is 0.876. The summed E-state index contributed by atoms with van der Waals surface area (Å²) in [4.78, 5) is 9.90. The Labute approximate surface area is 252 Å². The highest BCUT2D eigenvalue weighted by Crippen LogP contribution is 2.29. The molecule has 6 aromatic carbocycles. The normalized spacial score (nSPS) is 12.2. The maximum Gasteiger partial charge on any atom is 0.0780 e. The first-order chi connectivity index (χ1) is 21.1. The SMILES string of the molecule is C=C(/C=C(\N=C(C)c1ccc(-c2nccc3ccccc23)cc1)c1ccc2ccccc2c1)c1ccc2ccccc2c1. The Hall–Kier alpha value is -5.60. The van der Waals surface area contributed by atoms with Crippen molar-refractivity contribution in [3.05, 3.63) is 175 Å². The van der Waals surface area contributed by atoms with Crippen molar-refractivity contribution in [1.82, 2.24) is 4.98 Å². The monoisotopic (exact) mass is 550 g/mol. The second-order valence-electron chi connectivity index (χ2n) is 10.8. The van der Waals surface area contributed by atoms with Gasteiger partial charge in [0.2, 0.25) is 0 Å². The smallest absolute Gasteiger partial charge is 0.0780 e. The van der Waals surface area contributed by atoms with Crippen LogP contribution in [0, 0.1) is 0 Å². The number of pyridine rings is 1. The second kappa shape index (κ2) is 11.3. The van der Waals surface area contributed by atoms with E-state index in [1.54, 1.807) is 0 Å². The summed E-state index contributed by atoms with van der Waals surface area (Å²) >= 11 is 0. The number of hydrogen-bond acceptors (Lipinski definition) is 2. The van der Waals surface area contributed by atoms with Crippen molar-refractivity contribution < 1.29 is 0 Å². The molecule has 0 saturated heterocycles. The molecule has 204 valence electrons. The third kappa shape index (κ3) is 5.39. The zero-order chi connectivity index (χ0) is 29.2. The predicted octanol–water partition coefficient (Wildman–Crippen LogP) is 10.8. The second-order valence-corrected chi connectivity index (χ2v) is 10.8. The number of aliphatic imine (C=N–C) groups is 1. The van der Waals surface area contributed by atoms with Crippen LogP contribution in [0.3, 0.4) is 0 Å². The van der Waals surface area contributed by atoms with Crippen LogP contribution >= 0.6 is 0 Å². The molecule has 0 saturated carbocycles. The highest BCUT2D eigenvalue weighted by Gasteiger charge is 2.09. The summed E-state index contributed by atoms with van der Waals surface area (Å²) in [7, 11) is 0. The molecule has 0 amide bonds. The Morgan fingerprint density at radius 2 is 1.14 bits per heavy atom. The number of hydrogen-bond donors (Lipinski definition) is 0. The van der Waals surface area contributed by atoms with Crippen molar-refractivity contribution in [3.63, 3.8) is 0 Å². The molecule has 1 aromatic heterocycles. The van der Waals surface area contributed by atoms with Gasteiger partial charge < -0.3 is 0 Å². The van der Waals surface area contributed by atoms with Crippen LogP contribution in [0.15, 0.2) is 163 Å². The molecule has 0 spiro atoms. The van der Waals surface area contributed by atoms with Crippen molar-refractivity contribution in [3.8, 4) is 11.3 Å². The number of nitrogens with zero attached hydrogens (tertiary/aromatic N) is 2. The lowest BCUT2D eigenvalue weighted by Gasteiger charge is -2.11. The van der Waals surface area contributed by atoms with Crippen molar-refractivity contribution in [2.75, 3.05) is 0 Å². The molecule has 2 nitrogen and oxygen atoms in total. The summed E-state index contributed by atoms with van der Waals surface area (Å²) in [6.45, 7) is 6.53. The fraction of sp³-hybridized carbons (Fsp3) is 0.0244. The van der Waals surface area contributed by atoms with Crippen LogP contribution < -0.4 is 0 Å². The van der Waals surface area contributed by atoms with Crippen molar-refractivity contribution in [1.29, 1.82) is 0 Å². The third-order valence-corrected chi connectivity index (χ3v) is 8.01. The summed E-state index contributed by atoms with van der Waals surface area (Å²) in [6, 6.07) is 48.8. The standard InChI is InChI=1S/C41H30N2/c1-28(35-21-17-31-9-3-5-12-36(31)26-35)25-40(38-22-18-32-10-4-6-13-37(32)27-38)43-29(2)30-15-19-34(20-16-30)41-39-14-8-7-11-33(39)23-24-42-41/h3-27H,1H2,2H3/b40-25-,43-29?. The predicted molar refractivity (Wildman–Crippen MR) is 184 cm³/mol. The molecule has 0 bridgehead atoms.